The summed E-state index contributed by atoms with van der Waals surface area (Å²) in [6, 6.07) is 10.7. The molecule has 1 aromatic carbocycles. The lowest BCUT2D eigenvalue weighted by Gasteiger charge is -2.28. The fourth-order valence-electron chi connectivity index (χ4n) is 3.56. The number of hydrogen-bond donors (Lipinski definition) is 1. The Hall–Kier alpha value is -1.39. The summed E-state index contributed by atoms with van der Waals surface area (Å²) >= 11 is 0. The zero-order valence-electron chi connectivity index (χ0n) is 11.7. The van der Waals surface area contributed by atoms with E-state index in [0.29, 0.717) is 6.04 Å². The summed E-state index contributed by atoms with van der Waals surface area (Å²) in [5.74, 6) is -0.649. The van der Waals surface area contributed by atoms with Crippen LogP contribution in [0.4, 0.5) is 0 Å². The van der Waals surface area contributed by atoms with Crippen LogP contribution in [0.2, 0.25) is 0 Å². The van der Waals surface area contributed by atoms with E-state index in [4.69, 9.17) is 0 Å². The molecule has 0 aromatic heterocycles. The third kappa shape index (κ3) is 2.86. The van der Waals surface area contributed by atoms with Crippen molar-refractivity contribution in [3.63, 3.8) is 0 Å². The van der Waals surface area contributed by atoms with Gasteiger partial charge in [0.2, 0.25) is 0 Å². The first-order chi connectivity index (χ1) is 9.74. The highest BCUT2D eigenvalue weighted by atomic mass is 16.4. The first-order valence-corrected chi connectivity index (χ1v) is 7.49. The third-order valence-electron chi connectivity index (χ3n) is 4.54. The van der Waals surface area contributed by atoms with E-state index in [1.165, 1.54) is 5.56 Å². The summed E-state index contributed by atoms with van der Waals surface area (Å²) < 4.78 is 0. The molecule has 2 saturated heterocycles. The Morgan fingerprint density at radius 1 is 1.20 bits per heavy atom. The lowest BCUT2D eigenvalue weighted by atomic mass is 10.1. The quantitative estimate of drug-likeness (QED) is 0.909. The summed E-state index contributed by atoms with van der Waals surface area (Å²) in [6.07, 6.45) is 2.92. The van der Waals surface area contributed by atoms with Gasteiger partial charge in [0, 0.05) is 25.7 Å². The number of nitrogens with zero attached hydrogens (tertiary/aromatic N) is 2. The van der Waals surface area contributed by atoms with Crippen LogP contribution in [0, 0.1) is 0 Å². The molecule has 108 valence electrons. The van der Waals surface area contributed by atoms with Crippen LogP contribution in [0.1, 0.15) is 24.8 Å². The van der Waals surface area contributed by atoms with Crippen molar-refractivity contribution in [1.82, 2.24) is 9.80 Å². The average Bonchev–Trinajstić information content (AvgIpc) is 3.07. The Bertz CT molecular complexity index is 463. The van der Waals surface area contributed by atoms with Crippen molar-refractivity contribution in [2.75, 3.05) is 19.6 Å². The molecule has 0 bridgehead atoms. The molecule has 0 saturated carbocycles. The van der Waals surface area contributed by atoms with Gasteiger partial charge in [-0.3, -0.25) is 14.6 Å². The van der Waals surface area contributed by atoms with Crippen LogP contribution in [-0.4, -0.2) is 52.6 Å². The average molecular weight is 274 g/mol. The standard InChI is InChI=1S/C16H22N2O2/c19-16(20)15-7-4-9-18(15)14-8-10-17(12-14)11-13-5-2-1-3-6-13/h1-3,5-6,14-15H,4,7-12H2,(H,19,20)/t14-,15+/m0/s1. The van der Waals surface area contributed by atoms with Crippen LogP contribution >= 0.6 is 0 Å². The van der Waals surface area contributed by atoms with E-state index >= 15 is 0 Å². The SMILES string of the molecule is O=C(O)[C@H]1CCCN1[C@H]1CCN(Cc2ccccc2)C1. The first-order valence-electron chi connectivity index (χ1n) is 7.49. The number of rotatable bonds is 4. The maximum Gasteiger partial charge on any atom is 0.320 e. The lowest BCUT2D eigenvalue weighted by Crippen LogP contribution is -2.44. The molecule has 1 aromatic rings. The van der Waals surface area contributed by atoms with Crippen molar-refractivity contribution >= 4 is 5.97 Å². The number of carboxylic acids is 1. The van der Waals surface area contributed by atoms with Gasteiger partial charge < -0.3 is 5.11 Å². The summed E-state index contributed by atoms with van der Waals surface area (Å²) in [7, 11) is 0. The number of likely N-dealkylation sites (tertiary alicyclic amines) is 2. The van der Waals surface area contributed by atoms with E-state index in [1.807, 2.05) is 6.07 Å². The summed E-state index contributed by atoms with van der Waals surface area (Å²) in [5.41, 5.74) is 1.34. The zero-order valence-corrected chi connectivity index (χ0v) is 11.7. The molecule has 0 radical (unpaired) electrons. The van der Waals surface area contributed by atoms with Gasteiger partial charge in [0.25, 0.3) is 0 Å². The molecule has 0 unspecified atom stereocenters. The molecule has 20 heavy (non-hydrogen) atoms. The van der Waals surface area contributed by atoms with Crippen molar-refractivity contribution in [1.29, 1.82) is 0 Å². The maximum atomic E-state index is 11.3. The molecule has 3 rings (SSSR count). The zero-order chi connectivity index (χ0) is 13.9. The van der Waals surface area contributed by atoms with Gasteiger partial charge in [0.15, 0.2) is 0 Å². The van der Waals surface area contributed by atoms with Gasteiger partial charge in [-0.1, -0.05) is 30.3 Å². The molecular weight excluding hydrogens is 252 g/mol. The molecule has 0 spiro atoms. The number of carbonyl (C=O) groups is 1. The predicted molar refractivity (Wildman–Crippen MR) is 77.5 cm³/mol. The fourth-order valence-corrected chi connectivity index (χ4v) is 3.56. The molecular formula is C16H22N2O2. The highest BCUT2D eigenvalue weighted by molar-refractivity contribution is 5.73. The number of benzene rings is 1. The first kappa shape index (κ1) is 13.6. The van der Waals surface area contributed by atoms with E-state index in [9.17, 15) is 9.90 Å². The van der Waals surface area contributed by atoms with Gasteiger partial charge in [-0.2, -0.15) is 0 Å². The van der Waals surface area contributed by atoms with E-state index in [0.717, 1.165) is 45.4 Å². The van der Waals surface area contributed by atoms with Crippen LogP contribution < -0.4 is 0 Å². The van der Waals surface area contributed by atoms with E-state index in [2.05, 4.69) is 34.1 Å². The molecule has 2 atom stereocenters. The molecule has 0 aliphatic carbocycles. The molecule has 4 heteroatoms. The highest BCUT2D eigenvalue weighted by Gasteiger charge is 2.38. The second kappa shape index (κ2) is 5.94. The van der Waals surface area contributed by atoms with Gasteiger partial charge in [-0.05, 0) is 31.4 Å². The Morgan fingerprint density at radius 2 is 2.00 bits per heavy atom. The number of hydrogen-bond acceptors (Lipinski definition) is 3. The summed E-state index contributed by atoms with van der Waals surface area (Å²) in [4.78, 5) is 15.9. The van der Waals surface area contributed by atoms with Gasteiger partial charge in [-0.25, -0.2) is 0 Å². The molecule has 2 fully saturated rings. The fraction of sp³-hybridized carbons (Fsp3) is 0.562. The maximum absolute atomic E-state index is 11.3. The van der Waals surface area contributed by atoms with Crippen molar-refractivity contribution in [3.05, 3.63) is 35.9 Å². The minimum atomic E-state index is -0.649. The Kier molecular flexibility index (Phi) is 4.03. The van der Waals surface area contributed by atoms with Gasteiger partial charge in [0.1, 0.15) is 6.04 Å². The lowest BCUT2D eigenvalue weighted by molar-refractivity contribution is -0.142. The van der Waals surface area contributed by atoms with Gasteiger partial charge >= 0.3 is 5.97 Å². The van der Waals surface area contributed by atoms with Crippen LogP contribution in [0.5, 0.6) is 0 Å². The van der Waals surface area contributed by atoms with Crippen molar-refractivity contribution in [3.8, 4) is 0 Å². The highest BCUT2D eigenvalue weighted by Crippen LogP contribution is 2.26. The molecule has 2 aliphatic heterocycles. The molecule has 4 nitrogen and oxygen atoms in total. The largest absolute Gasteiger partial charge is 0.480 e. The monoisotopic (exact) mass is 274 g/mol. The molecule has 2 heterocycles. The van der Waals surface area contributed by atoms with E-state index < -0.39 is 5.97 Å². The number of aliphatic carboxylic acids is 1. The Morgan fingerprint density at radius 3 is 2.75 bits per heavy atom. The number of carboxylic acid groups (broad SMARTS) is 1. The Balaban J connectivity index is 1.58. The summed E-state index contributed by atoms with van der Waals surface area (Å²) in [6.45, 7) is 3.99. The molecule has 1 N–H and O–H groups in total. The van der Waals surface area contributed by atoms with Crippen molar-refractivity contribution in [2.45, 2.75) is 37.9 Å². The second-order valence-electron chi connectivity index (χ2n) is 5.90. The van der Waals surface area contributed by atoms with Crippen LogP contribution in [-0.2, 0) is 11.3 Å². The van der Waals surface area contributed by atoms with Gasteiger partial charge in [-0.15, -0.1) is 0 Å². The molecule has 2 aliphatic rings. The van der Waals surface area contributed by atoms with E-state index in [-0.39, 0.29) is 6.04 Å². The molecule has 0 amide bonds. The van der Waals surface area contributed by atoms with Crippen molar-refractivity contribution in [2.24, 2.45) is 0 Å². The Labute approximate surface area is 120 Å². The van der Waals surface area contributed by atoms with E-state index in [1.54, 1.807) is 0 Å². The minimum absolute atomic E-state index is 0.253. The summed E-state index contributed by atoms with van der Waals surface area (Å²) in [5, 5.41) is 9.29. The second-order valence-corrected chi connectivity index (χ2v) is 5.90. The van der Waals surface area contributed by atoms with Crippen LogP contribution in [0.25, 0.3) is 0 Å². The van der Waals surface area contributed by atoms with Crippen molar-refractivity contribution < 1.29 is 9.90 Å². The third-order valence-corrected chi connectivity index (χ3v) is 4.54. The van der Waals surface area contributed by atoms with Gasteiger partial charge in [0.05, 0.1) is 0 Å². The van der Waals surface area contributed by atoms with Crippen LogP contribution in [0.15, 0.2) is 30.3 Å². The minimum Gasteiger partial charge on any atom is -0.480 e. The predicted octanol–water partition coefficient (Wildman–Crippen LogP) is 1.81. The normalized spacial score (nSPS) is 28.0. The van der Waals surface area contributed by atoms with Crippen LogP contribution in [0.3, 0.4) is 0 Å². The topological polar surface area (TPSA) is 43.8 Å². The smallest absolute Gasteiger partial charge is 0.320 e.